The van der Waals surface area contributed by atoms with E-state index in [1.807, 2.05) is 20.8 Å². The van der Waals surface area contributed by atoms with Crippen LogP contribution in [0.1, 0.15) is 27.2 Å². The first-order valence-corrected chi connectivity index (χ1v) is 6.75. The van der Waals surface area contributed by atoms with E-state index in [1.54, 1.807) is 7.11 Å². The molecule has 5 nitrogen and oxygen atoms in total. The van der Waals surface area contributed by atoms with Gasteiger partial charge >= 0.3 is 6.18 Å². The fourth-order valence-electron chi connectivity index (χ4n) is 2.39. The molecule has 1 saturated carbocycles. The summed E-state index contributed by atoms with van der Waals surface area (Å²) in [5.74, 6) is 0.231. The number of hydrogen-bond acceptors (Lipinski definition) is 3. The largest absolute Gasteiger partial charge is 0.416 e. The normalized spacial score (nSPS) is 29.1. The van der Waals surface area contributed by atoms with Gasteiger partial charge in [-0.25, -0.2) is 0 Å². The quantitative estimate of drug-likeness (QED) is 0.356. The van der Waals surface area contributed by atoms with Crippen molar-refractivity contribution in [3.8, 4) is 0 Å². The van der Waals surface area contributed by atoms with Crippen LogP contribution in [0.2, 0.25) is 0 Å². The van der Waals surface area contributed by atoms with Gasteiger partial charge in [0, 0.05) is 25.6 Å². The maximum absolute atomic E-state index is 12.2. The molecule has 0 aliphatic heterocycles. The number of hydrogen-bond donors (Lipinski definition) is 3. The minimum absolute atomic E-state index is 0. The van der Waals surface area contributed by atoms with Gasteiger partial charge in [0.15, 0.2) is 12.1 Å². The molecule has 1 fully saturated rings. The van der Waals surface area contributed by atoms with Gasteiger partial charge in [-0.1, -0.05) is 13.8 Å². The van der Waals surface area contributed by atoms with Crippen LogP contribution in [0.25, 0.3) is 0 Å². The number of aliphatic hydroxyl groups is 1. The van der Waals surface area contributed by atoms with E-state index in [1.165, 1.54) is 7.05 Å². The molecular weight excluding hydrogens is 414 g/mol. The molecule has 0 aromatic heterocycles. The maximum atomic E-state index is 12.2. The highest BCUT2D eigenvalue weighted by molar-refractivity contribution is 14.0. The van der Waals surface area contributed by atoms with Crippen molar-refractivity contribution < 1.29 is 23.0 Å². The number of aliphatic hydroxyl groups excluding tert-OH is 1. The SMILES string of the molecule is CN=C(NCC(O)C(F)(F)F)NC1CC(C)(OC)C1(C)C.I. The van der Waals surface area contributed by atoms with Crippen molar-refractivity contribution in [2.45, 2.75) is 51.1 Å². The Kier molecular flexibility index (Phi) is 7.42. The van der Waals surface area contributed by atoms with Crippen LogP contribution in [0.15, 0.2) is 4.99 Å². The molecule has 9 heteroatoms. The summed E-state index contributed by atoms with van der Waals surface area (Å²) in [4.78, 5) is 3.88. The summed E-state index contributed by atoms with van der Waals surface area (Å²) in [5, 5.41) is 14.5. The number of aliphatic imine (C=N–C) groups is 1. The first-order valence-electron chi connectivity index (χ1n) is 6.75. The zero-order chi connectivity index (χ0) is 16.5. The van der Waals surface area contributed by atoms with Gasteiger partial charge in [0.1, 0.15) is 0 Å². The minimum atomic E-state index is -4.64. The Balaban J connectivity index is 0.00000441. The summed E-state index contributed by atoms with van der Waals surface area (Å²) in [6, 6.07) is 0.0247. The molecule has 3 N–H and O–H groups in total. The van der Waals surface area contributed by atoms with E-state index in [-0.39, 0.29) is 47.0 Å². The van der Waals surface area contributed by atoms with Crippen LogP contribution in [0.3, 0.4) is 0 Å². The predicted molar refractivity (Wildman–Crippen MR) is 89.6 cm³/mol. The van der Waals surface area contributed by atoms with Crippen molar-refractivity contribution in [1.82, 2.24) is 10.6 Å². The second-order valence-electron chi connectivity index (χ2n) is 6.07. The summed E-state index contributed by atoms with van der Waals surface area (Å²) in [7, 11) is 3.11. The summed E-state index contributed by atoms with van der Waals surface area (Å²) < 4.78 is 42.2. The average Bonchev–Trinajstić information content (AvgIpc) is 2.40. The standard InChI is InChI=1S/C13H24F3N3O2.HI/c1-11(2)8(6-12(11,3)21-5)19-10(17-4)18-7-9(20)13(14,15)16;/h8-9,20H,6-7H2,1-5H3,(H2,17,18,19);1H. The Morgan fingerprint density at radius 1 is 1.41 bits per heavy atom. The van der Waals surface area contributed by atoms with Gasteiger partial charge < -0.3 is 20.5 Å². The van der Waals surface area contributed by atoms with Gasteiger partial charge in [0.2, 0.25) is 0 Å². The molecule has 3 unspecified atom stereocenters. The number of nitrogens with one attached hydrogen (secondary N) is 2. The predicted octanol–water partition coefficient (Wildman–Crippen LogP) is 1.90. The third-order valence-electron chi connectivity index (χ3n) is 4.65. The summed E-state index contributed by atoms with van der Waals surface area (Å²) in [6.45, 7) is 5.40. The van der Waals surface area contributed by atoms with Gasteiger partial charge in [-0.3, -0.25) is 4.99 Å². The number of methoxy groups -OCH3 is 1. The molecule has 0 aromatic carbocycles. The molecule has 0 amide bonds. The molecule has 1 rings (SSSR count). The van der Waals surface area contributed by atoms with Gasteiger partial charge in [0.25, 0.3) is 0 Å². The molecule has 0 heterocycles. The zero-order valence-electron chi connectivity index (χ0n) is 13.4. The topological polar surface area (TPSA) is 65.9 Å². The highest BCUT2D eigenvalue weighted by Crippen LogP contribution is 2.51. The molecular formula is C13H25F3IN3O2. The number of rotatable bonds is 4. The average molecular weight is 439 g/mol. The Labute approximate surface area is 146 Å². The molecule has 0 aromatic rings. The van der Waals surface area contributed by atoms with Crippen molar-refractivity contribution in [3.05, 3.63) is 0 Å². The lowest BCUT2D eigenvalue weighted by Crippen LogP contribution is -2.69. The Hall–Kier alpha value is -0.290. The lowest BCUT2D eigenvalue weighted by atomic mass is 9.56. The van der Waals surface area contributed by atoms with Crippen LogP contribution >= 0.6 is 24.0 Å². The molecule has 3 atom stereocenters. The molecule has 0 radical (unpaired) electrons. The third-order valence-corrected chi connectivity index (χ3v) is 4.65. The number of nitrogens with zero attached hydrogens (tertiary/aromatic N) is 1. The minimum Gasteiger partial charge on any atom is -0.382 e. The monoisotopic (exact) mass is 439 g/mol. The van der Waals surface area contributed by atoms with Crippen LogP contribution < -0.4 is 10.6 Å². The third kappa shape index (κ3) is 4.38. The molecule has 0 spiro atoms. The maximum Gasteiger partial charge on any atom is 0.416 e. The Morgan fingerprint density at radius 2 is 1.95 bits per heavy atom. The van der Waals surface area contributed by atoms with Crippen LogP contribution in [0.4, 0.5) is 13.2 Å². The van der Waals surface area contributed by atoms with E-state index in [0.717, 1.165) is 6.42 Å². The van der Waals surface area contributed by atoms with Crippen LogP contribution in [-0.4, -0.2) is 55.7 Å². The van der Waals surface area contributed by atoms with E-state index in [2.05, 4.69) is 15.6 Å². The van der Waals surface area contributed by atoms with Crippen LogP contribution in [-0.2, 0) is 4.74 Å². The number of ether oxygens (including phenoxy) is 1. The number of guanidine groups is 1. The molecule has 0 saturated heterocycles. The number of halogens is 4. The van der Waals surface area contributed by atoms with Crippen molar-refractivity contribution in [2.75, 3.05) is 20.7 Å². The van der Waals surface area contributed by atoms with E-state index >= 15 is 0 Å². The van der Waals surface area contributed by atoms with Crippen LogP contribution in [0, 0.1) is 5.41 Å². The summed E-state index contributed by atoms with van der Waals surface area (Å²) in [5.41, 5.74) is -0.475. The Morgan fingerprint density at radius 3 is 2.32 bits per heavy atom. The van der Waals surface area contributed by atoms with Gasteiger partial charge in [-0.05, 0) is 13.3 Å². The van der Waals surface area contributed by atoms with E-state index in [4.69, 9.17) is 9.84 Å². The van der Waals surface area contributed by atoms with Gasteiger partial charge in [-0.2, -0.15) is 13.2 Å². The van der Waals surface area contributed by atoms with E-state index < -0.39 is 18.8 Å². The fraction of sp³-hybridized carbons (Fsp3) is 0.923. The lowest BCUT2D eigenvalue weighted by molar-refractivity contribution is -0.201. The lowest BCUT2D eigenvalue weighted by Gasteiger charge is -2.59. The second-order valence-corrected chi connectivity index (χ2v) is 6.07. The molecule has 1 aliphatic rings. The highest BCUT2D eigenvalue weighted by atomic mass is 127. The first-order chi connectivity index (χ1) is 9.48. The molecule has 132 valence electrons. The van der Waals surface area contributed by atoms with Crippen LogP contribution in [0.5, 0.6) is 0 Å². The second kappa shape index (κ2) is 7.52. The molecule has 1 aliphatic carbocycles. The van der Waals surface area contributed by atoms with E-state index in [0.29, 0.717) is 0 Å². The Bertz CT molecular complexity index is 404. The van der Waals surface area contributed by atoms with Crippen molar-refractivity contribution >= 4 is 29.9 Å². The zero-order valence-corrected chi connectivity index (χ0v) is 15.7. The van der Waals surface area contributed by atoms with Crippen molar-refractivity contribution in [2.24, 2.45) is 10.4 Å². The summed E-state index contributed by atoms with van der Waals surface area (Å²) >= 11 is 0. The highest BCUT2D eigenvalue weighted by Gasteiger charge is 2.58. The smallest absolute Gasteiger partial charge is 0.382 e. The first kappa shape index (κ1) is 21.7. The van der Waals surface area contributed by atoms with Crippen molar-refractivity contribution in [3.63, 3.8) is 0 Å². The van der Waals surface area contributed by atoms with E-state index in [9.17, 15) is 13.2 Å². The molecule has 22 heavy (non-hydrogen) atoms. The van der Waals surface area contributed by atoms with Crippen molar-refractivity contribution in [1.29, 1.82) is 0 Å². The molecule has 0 bridgehead atoms. The number of alkyl halides is 3. The fourth-order valence-corrected chi connectivity index (χ4v) is 2.39. The van der Waals surface area contributed by atoms with Gasteiger partial charge in [-0.15, -0.1) is 24.0 Å². The van der Waals surface area contributed by atoms with Gasteiger partial charge in [0.05, 0.1) is 12.1 Å². The summed E-state index contributed by atoms with van der Waals surface area (Å²) in [6.07, 6.45) is -6.34.